The molecule has 0 saturated carbocycles. The summed E-state index contributed by atoms with van der Waals surface area (Å²) in [6, 6.07) is 0. The molecule has 1 aliphatic rings. The van der Waals surface area contributed by atoms with Gasteiger partial charge in [0.05, 0.1) is 12.2 Å². The molecule has 2 atom stereocenters. The first-order valence-electron chi connectivity index (χ1n) is 4.86. The Labute approximate surface area is 88.1 Å². The van der Waals surface area contributed by atoms with Gasteiger partial charge in [-0.2, -0.15) is 4.37 Å². The summed E-state index contributed by atoms with van der Waals surface area (Å²) in [6.07, 6.45) is 0.561. The summed E-state index contributed by atoms with van der Waals surface area (Å²) >= 11 is 1.47. The van der Waals surface area contributed by atoms with E-state index >= 15 is 0 Å². The Morgan fingerprint density at radius 1 is 1.36 bits per heavy atom. The minimum absolute atomic E-state index is 0.281. The molecular weight excluding hydrogens is 198 g/mol. The van der Waals surface area contributed by atoms with E-state index in [4.69, 9.17) is 4.74 Å². The second-order valence-corrected chi connectivity index (χ2v) is 4.52. The molecule has 2 heterocycles. The molecule has 5 heteroatoms. The third-order valence-electron chi connectivity index (χ3n) is 2.21. The second-order valence-electron chi connectivity index (χ2n) is 3.79. The van der Waals surface area contributed by atoms with Crippen LogP contribution in [0, 0.1) is 6.92 Å². The standard InChI is InChI=1S/C9H15N3OS/c1-6-4-12(5-7(2)13-6)9-10-8(3)11-14-9/h6-7H,4-5H2,1-3H3. The Kier molecular flexibility index (Phi) is 2.69. The molecule has 1 fully saturated rings. The van der Waals surface area contributed by atoms with Crippen LogP contribution in [0.25, 0.3) is 0 Å². The number of morpholine rings is 1. The van der Waals surface area contributed by atoms with Gasteiger partial charge in [-0.15, -0.1) is 0 Å². The molecule has 78 valence electrons. The fourth-order valence-electron chi connectivity index (χ4n) is 1.75. The lowest BCUT2D eigenvalue weighted by Crippen LogP contribution is -2.45. The lowest BCUT2D eigenvalue weighted by atomic mass is 10.2. The van der Waals surface area contributed by atoms with E-state index in [9.17, 15) is 0 Å². The molecule has 14 heavy (non-hydrogen) atoms. The van der Waals surface area contributed by atoms with E-state index in [1.165, 1.54) is 11.5 Å². The van der Waals surface area contributed by atoms with Crippen LogP contribution in [0.1, 0.15) is 19.7 Å². The molecule has 0 N–H and O–H groups in total. The first kappa shape index (κ1) is 9.86. The van der Waals surface area contributed by atoms with Gasteiger partial charge < -0.3 is 9.64 Å². The third-order valence-corrected chi connectivity index (χ3v) is 3.08. The van der Waals surface area contributed by atoms with Crippen LogP contribution in [0.4, 0.5) is 5.13 Å². The Hall–Kier alpha value is -0.680. The van der Waals surface area contributed by atoms with Crippen molar-refractivity contribution in [3.05, 3.63) is 5.82 Å². The van der Waals surface area contributed by atoms with Crippen LogP contribution >= 0.6 is 11.5 Å². The van der Waals surface area contributed by atoms with Crippen LogP contribution in [-0.4, -0.2) is 34.7 Å². The van der Waals surface area contributed by atoms with Crippen LogP contribution in [0.15, 0.2) is 0 Å². The maximum Gasteiger partial charge on any atom is 0.205 e. The van der Waals surface area contributed by atoms with Gasteiger partial charge in [-0.1, -0.05) is 0 Å². The Morgan fingerprint density at radius 2 is 2.00 bits per heavy atom. The minimum Gasteiger partial charge on any atom is -0.372 e. The highest BCUT2D eigenvalue weighted by atomic mass is 32.1. The summed E-state index contributed by atoms with van der Waals surface area (Å²) < 4.78 is 9.85. The number of aryl methyl sites for hydroxylation is 1. The highest BCUT2D eigenvalue weighted by molar-refractivity contribution is 7.09. The first-order chi connectivity index (χ1) is 6.65. The maximum absolute atomic E-state index is 5.66. The molecule has 0 aliphatic carbocycles. The largest absolute Gasteiger partial charge is 0.372 e. The summed E-state index contributed by atoms with van der Waals surface area (Å²) in [5, 5.41) is 1.02. The molecule has 0 bridgehead atoms. The van der Waals surface area contributed by atoms with Gasteiger partial charge in [-0.25, -0.2) is 4.98 Å². The van der Waals surface area contributed by atoms with Gasteiger partial charge in [0.15, 0.2) is 0 Å². The van der Waals surface area contributed by atoms with E-state index in [1.807, 2.05) is 6.92 Å². The van der Waals surface area contributed by atoms with Crippen LogP contribution in [-0.2, 0) is 4.74 Å². The topological polar surface area (TPSA) is 38.2 Å². The number of hydrogen-bond acceptors (Lipinski definition) is 5. The van der Waals surface area contributed by atoms with Gasteiger partial charge in [-0.3, -0.25) is 0 Å². The normalized spacial score (nSPS) is 28.1. The maximum atomic E-state index is 5.66. The van der Waals surface area contributed by atoms with E-state index in [0.717, 1.165) is 24.0 Å². The van der Waals surface area contributed by atoms with E-state index < -0.39 is 0 Å². The molecule has 1 aromatic rings. The highest BCUT2D eigenvalue weighted by Gasteiger charge is 2.24. The SMILES string of the molecule is Cc1nsc(N2CC(C)OC(C)C2)n1. The molecule has 2 rings (SSSR count). The van der Waals surface area contributed by atoms with Crippen molar-refractivity contribution in [2.24, 2.45) is 0 Å². The zero-order chi connectivity index (χ0) is 10.1. The lowest BCUT2D eigenvalue weighted by Gasteiger charge is -2.34. The van der Waals surface area contributed by atoms with Crippen molar-refractivity contribution in [2.75, 3.05) is 18.0 Å². The molecule has 1 aromatic heterocycles. The van der Waals surface area contributed by atoms with Gasteiger partial charge >= 0.3 is 0 Å². The van der Waals surface area contributed by atoms with Crippen molar-refractivity contribution in [1.82, 2.24) is 9.36 Å². The summed E-state index contributed by atoms with van der Waals surface area (Å²) in [5.41, 5.74) is 0. The highest BCUT2D eigenvalue weighted by Crippen LogP contribution is 2.21. The number of hydrogen-bond donors (Lipinski definition) is 0. The molecule has 4 nitrogen and oxygen atoms in total. The minimum atomic E-state index is 0.281. The fourth-order valence-corrected chi connectivity index (χ4v) is 2.44. The van der Waals surface area contributed by atoms with E-state index in [-0.39, 0.29) is 12.2 Å². The molecule has 1 saturated heterocycles. The third kappa shape index (κ3) is 2.04. The van der Waals surface area contributed by atoms with Crippen molar-refractivity contribution in [2.45, 2.75) is 33.0 Å². The van der Waals surface area contributed by atoms with Crippen molar-refractivity contribution in [1.29, 1.82) is 0 Å². The smallest absolute Gasteiger partial charge is 0.205 e. The molecule has 0 radical (unpaired) electrons. The number of anilines is 1. The van der Waals surface area contributed by atoms with Crippen molar-refractivity contribution >= 4 is 16.7 Å². The van der Waals surface area contributed by atoms with E-state index in [1.54, 1.807) is 0 Å². The van der Waals surface area contributed by atoms with Gasteiger partial charge in [0, 0.05) is 24.6 Å². The molecule has 1 aliphatic heterocycles. The molecular formula is C9H15N3OS. The Morgan fingerprint density at radius 3 is 2.50 bits per heavy atom. The molecule has 0 spiro atoms. The van der Waals surface area contributed by atoms with Crippen LogP contribution in [0.2, 0.25) is 0 Å². The summed E-state index contributed by atoms with van der Waals surface area (Å²) in [6.45, 7) is 7.94. The van der Waals surface area contributed by atoms with Gasteiger partial charge in [-0.05, 0) is 20.8 Å². The van der Waals surface area contributed by atoms with E-state index in [2.05, 4.69) is 28.1 Å². The average Bonchev–Trinajstić information content (AvgIpc) is 2.50. The van der Waals surface area contributed by atoms with Crippen molar-refractivity contribution in [3.63, 3.8) is 0 Å². The van der Waals surface area contributed by atoms with Crippen molar-refractivity contribution < 1.29 is 4.74 Å². The Balaban J connectivity index is 2.10. The summed E-state index contributed by atoms with van der Waals surface area (Å²) in [4.78, 5) is 6.63. The second kappa shape index (κ2) is 3.82. The number of ether oxygens (including phenoxy) is 1. The Bertz CT molecular complexity index is 305. The zero-order valence-electron chi connectivity index (χ0n) is 8.73. The fraction of sp³-hybridized carbons (Fsp3) is 0.778. The van der Waals surface area contributed by atoms with Crippen LogP contribution in [0.3, 0.4) is 0 Å². The van der Waals surface area contributed by atoms with Gasteiger partial charge in [0.1, 0.15) is 5.82 Å². The first-order valence-corrected chi connectivity index (χ1v) is 5.63. The quantitative estimate of drug-likeness (QED) is 0.708. The zero-order valence-corrected chi connectivity index (χ0v) is 9.54. The van der Waals surface area contributed by atoms with Gasteiger partial charge in [0.25, 0.3) is 0 Å². The van der Waals surface area contributed by atoms with Crippen LogP contribution in [0.5, 0.6) is 0 Å². The molecule has 0 amide bonds. The monoisotopic (exact) mass is 213 g/mol. The predicted octanol–water partition coefficient (Wildman–Crippen LogP) is 1.46. The van der Waals surface area contributed by atoms with Crippen molar-refractivity contribution in [3.8, 4) is 0 Å². The number of aromatic nitrogens is 2. The molecule has 0 aromatic carbocycles. The number of rotatable bonds is 1. The van der Waals surface area contributed by atoms with E-state index in [0.29, 0.717) is 0 Å². The summed E-state index contributed by atoms with van der Waals surface area (Å²) in [5.74, 6) is 0.858. The number of nitrogens with zero attached hydrogens (tertiary/aromatic N) is 3. The lowest BCUT2D eigenvalue weighted by molar-refractivity contribution is -0.00523. The average molecular weight is 213 g/mol. The summed E-state index contributed by atoms with van der Waals surface area (Å²) in [7, 11) is 0. The predicted molar refractivity (Wildman–Crippen MR) is 56.9 cm³/mol. The van der Waals surface area contributed by atoms with Gasteiger partial charge in [0.2, 0.25) is 5.13 Å². The molecule has 2 unspecified atom stereocenters. The van der Waals surface area contributed by atoms with Crippen LogP contribution < -0.4 is 4.90 Å².